The minimum atomic E-state index is -0.0628. The van der Waals surface area contributed by atoms with Crippen LogP contribution in [0.3, 0.4) is 0 Å². The summed E-state index contributed by atoms with van der Waals surface area (Å²) in [6, 6.07) is 14.5. The molecule has 0 saturated heterocycles. The van der Waals surface area contributed by atoms with Crippen LogP contribution in [0.25, 0.3) is 16.7 Å². The summed E-state index contributed by atoms with van der Waals surface area (Å²) >= 11 is 0. The maximum Gasteiger partial charge on any atom is 0.253 e. The minimum Gasteiger partial charge on any atom is -0.508 e. The number of phenols is 2. The number of hydrogen-bond donors (Lipinski definition) is 4. The van der Waals surface area contributed by atoms with Crippen LogP contribution in [0.4, 0.5) is 5.82 Å². The Morgan fingerprint density at radius 3 is 2.76 bits per heavy atom. The summed E-state index contributed by atoms with van der Waals surface area (Å²) < 4.78 is 1.97. The lowest BCUT2D eigenvalue weighted by Crippen LogP contribution is -2.28. The number of aromatic nitrogens is 2. The van der Waals surface area contributed by atoms with Crippen LogP contribution >= 0.6 is 0 Å². The Labute approximate surface area is 167 Å². The first-order valence-corrected chi connectivity index (χ1v) is 9.24. The third-order valence-corrected chi connectivity index (χ3v) is 5.05. The smallest absolute Gasteiger partial charge is 0.253 e. The number of nitriles is 1. The largest absolute Gasteiger partial charge is 0.508 e. The molecule has 0 bridgehead atoms. The number of para-hydroxylation sites is 2. The van der Waals surface area contributed by atoms with Gasteiger partial charge in [0, 0.05) is 17.2 Å². The van der Waals surface area contributed by atoms with Crippen LogP contribution in [0.1, 0.15) is 29.2 Å². The van der Waals surface area contributed by atoms with Gasteiger partial charge in [0.1, 0.15) is 34.2 Å². The van der Waals surface area contributed by atoms with Crippen molar-refractivity contribution in [3.05, 3.63) is 64.7 Å². The fourth-order valence-corrected chi connectivity index (χ4v) is 3.62. The molecule has 0 radical (unpaired) electrons. The van der Waals surface area contributed by atoms with E-state index in [4.69, 9.17) is 0 Å². The molecule has 7 heteroatoms. The van der Waals surface area contributed by atoms with E-state index >= 15 is 0 Å². The van der Waals surface area contributed by atoms with Gasteiger partial charge in [0.2, 0.25) is 5.65 Å². The molecule has 0 aliphatic carbocycles. The number of phenolic OH excluding ortho intramolecular Hbond substituents is 2. The van der Waals surface area contributed by atoms with Gasteiger partial charge in [0.15, 0.2) is 0 Å². The number of aromatic hydroxyl groups is 2. The molecule has 2 aromatic heterocycles. The summed E-state index contributed by atoms with van der Waals surface area (Å²) in [5.74, 6) is 0.679. The molecule has 0 unspecified atom stereocenters. The van der Waals surface area contributed by atoms with E-state index in [-0.39, 0.29) is 11.5 Å². The highest BCUT2D eigenvalue weighted by atomic mass is 16.3. The third kappa shape index (κ3) is 3.01. The van der Waals surface area contributed by atoms with E-state index in [0.29, 0.717) is 23.2 Å². The average molecular weight is 386 g/mol. The number of nitrogens with zero attached hydrogens (tertiary/aromatic N) is 3. The second-order valence-electron chi connectivity index (χ2n) is 6.73. The van der Waals surface area contributed by atoms with Crippen molar-refractivity contribution in [2.24, 2.45) is 5.10 Å². The Kier molecular flexibility index (Phi) is 4.53. The molecule has 0 aliphatic rings. The second-order valence-corrected chi connectivity index (χ2v) is 6.73. The highest BCUT2D eigenvalue weighted by Gasteiger charge is 2.24. The van der Waals surface area contributed by atoms with E-state index < -0.39 is 0 Å². The number of imidazole rings is 1. The number of H-pyrrole nitrogens is 1. The topological polar surface area (TPSA) is 109 Å². The summed E-state index contributed by atoms with van der Waals surface area (Å²) in [5, 5.41) is 33.4. The molecular weight excluding hydrogens is 366 g/mol. The van der Waals surface area contributed by atoms with Crippen molar-refractivity contribution in [1.29, 1.82) is 5.26 Å². The van der Waals surface area contributed by atoms with Crippen LogP contribution in [0, 0.1) is 18.3 Å². The average Bonchev–Trinajstić information content (AvgIpc) is 3.08. The standard InChI is InChI=1S/C22H19N5O2/c1-3-16-13(2)17(11-23)21-25-18-6-4-5-7-19(18)27(21)22(16)26-24-12-14-8-9-15(28)10-20(14)29/h4-10,12H,3H2,1-2H3,(H3,24,25,26,28,29)/p+1. The molecule has 0 spiro atoms. The second kappa shape index (κ2) is 7.17. The summed E-state index contributed by atoms with van der Waals surface area (Å²) in [4.78, 5) is 3.33. The van der Waals surface area contributed by atoms with E-state index in [1.807, 2.05) is 42.5 Å². The lowest BCUT2D eigenvalue weighted by atomic mass is 10.0. The molecule has 0 amide bonds. The Morgan fingerprint density at radius 1 is 1.24 bits per heavy atom. The molecule has 144 valence electrons. The first kappa shape index (κ1) is 18.3. The van der Waals surface area contributed by atoms with Gasteiger partial charge in [-0.1, -0.05) is 19.1 Å². The number of anilines is 1. The van der Waals surface area contributed by atoms with Crippen molar-refractivity contribution in [3.63, 3.8) is 0 Å². The lowest BCUT2D eigenvalue weighted by Gasteiger charge is -2.10. The Balaban J connectivity index is 1.91. The van der Waals surface area contributed by atoms with Gasteiger partial charge in [-0.15, -0.1) is 5.10 Å². The van der Waals surface area contributed by atoms with Crippen LogP contribution in [-0.2, 0) is 6.42 Å². The predicted octanol–water partition coefficient (Wildman–Crippen LogP) is 3.51. The summed E-state index contributed by atoms with van der Waals surface area (Å²) in [5.41, 5.74) is 8.60. The van der Waals surface area contributed by atoms with Crippen LogP contribution in [0.2, 0.25) is 0 Å². The van der Waals surface area contributed by atoms with Crippen molar-refractivity contribution in [2.75, 3.05) is 5.43 Å². The summed E-state index contributed by atoms with van der Waals surface area (Å²) in [7, 11) is 0. The molecule has 0 aliphatic heterocycles. The van der Waals surface area contributed by atoms with Crippen molar-refractivity contribution >= 4 is 28.7 Å². The number of pyridine rings is 1. The summed E-state index contributed by atoms with van der Waals surface area (Å²) in [6.45, 7) is 3.97. The van der Waals surface area contributed by atoms with Gasteiger partial charge in [0.05, 0.1) is 6.21 Å². The van der Waals surface area contributed by atoms with Crippen LogP contribution in [0.15, 0.2) is 47.6 Å². The molecule has 4 N–H and O–H groups in total. The van der Waals surface area contributed by atoms with Gasteiger partial charge < -0.3 is 10.2 Å². The maximum absolute atomic E-state index is 9.96. The molecule has 7 nitrogen and oxygen atoms in total. The Hall–Kier alpha value is -4.05. The minimum absolute atomic E-state index is 0.0142. The number of hydrazone groups is 1. The number of rotatable bonds is 4. The molecule has 4 rings (SSSR count). The van der Waals surface area contributed by atoms with E-state index in [1.54, 1.807) is 6.07 Å². The molecule has 0 atom stereocenters. The third-order valence-electron chi connectivity index (χ3n) is 5.05. The number of aromatic amines is 1. The number of benzene rings is 2. The zero-order valence-corrected chi connectivity index (χ0v) is 16.1. The molecule has 0 fully saturated rings. The zero-order valence-electron chi connectivity index (χ0n) is 16.1. The number of hydrogen-bond acceptors (Lipinski definition) is 5. The maximum atomic E-state index is 9.96. The molecule has 0 saturated carbocycles. The zero-order chi connectivity index (χ0) is 20.5. The van der Waals surface area contributed by atoms with Crippen LogP contribution in [-0.4, -0.2) is 21.4 Å². The quantitative estimate of drug-likeness (QED) is 0.244. The van der Waals surface area contributed by atoms with E-state index in [2.05, 4.69) is 21.6 Å². The number of fused-ring (bicyclic) bond motifs is 3. The van der Waals surface area contributed by atoms with Crippen molar-refractivity contribution in [2.45, 2.75) is 20.3 Å². The van der Waals surface area contributed by atoms with Crippen molar-refractivity contribution in [3.8, 4) is 17.6 Å². The van der Waals surface area contributed by atoms with E-state index in [0.717, 1.165) is 28.0 Å². The SMILES string of the molecule is CCc1c(C)c(C#N)c2[nH]c3ccccc3[n+]2c1NN=Cc1ccc(O)cc1O. The van der Waals surface area contributed by atoms with E-state index in [9.17, 15) is 15.5 Å². The molecule has 29 heavy (non-hydrogen) atoms. The molecule has 2 heterocycles. The first-order chi connectivity index (χ1) is 14.0. The fourth-order valence-electron chi connectivity index (χ4n) is 3.62. The predicted molar refractivity (Wildman–Crippen MR) is 111 cm³/mol. The fraction of sp³-hybridized carbons (Fsp3) is 0.136. The Bertz CT molecular complexity index is 1310. The van der Waals surface area contributed by atoms with Gasteiger partial charge in [-0.05, 0) is 43.2 Å². The van der Waals surface area contributed by atoms with Gasteiger partial charge in [-0.3, -0.25) is 4.98 Å². The Morgan fingerprint density at radius 2 is 2.03 bits per heavy atom. The van der Waals surface area contributed by atoms with Crippen LogP contribution in [0.5, 0.6) is 11.5 Å². The molecule has 4 aromatic rings. The number of nitrogens with one attached hydrogen (secondary N) is 2. The highest BCUT2D eigenvalue weighted by molar-refractivity contribution is 5.84. The molecule has 2 aromatic carbocycles. The first-order valence-electron chi connectivity index (χ1n) is 9.24. The summed E-state index contributed by atoms with van der Waals surface area (Å²) in [6.07, 6.45) is 2.20. The van der Waals surface area contributed by atoms with Gasteiger partial charge in [0.25, 0.3) is 5.82 Å². The van der Waals surface area contributed by atoms with E-state index in [1.165, 1.54) is 18.3 Å². The lowest BCUT2D eigenvalue weighted by molar-refractivity contribution is -0.465. The van der Waals surface area contributed by atoms with Gasteiger partial charge >= 0.3 is 0 Å². The van der Waals surface area contributed by atoms with Crippen molar-refractivity contribution in [1.82, 2.24) is 4.98 Å². The normalized spacial score (nSPS) is 11.3. The van der Waals surface area contributed by atoms with Gasteiger partial charge in [-0.2, -0.15) is 15.1 Å². The van der Waals surface area contributed by atoms with Crippen LogP contribution < -0.4 is 9.83 Å². The highest BCUT2D eigenvalue weighted by Crippen LogP contribution is 2.26. The van der Waals surface area contributed by atoms with Gasteiger partial charge in [-0.25, -0.2) is 0 Å². The molecular formula is C22H20N5O2+. The van der Waals surface area contributed by atoms with Crippen molar-refractivity contribution < 1.29 is 14.6 Å². The monoisotopic (exact) mass is 386 g/mol.